The van der Waals surface area contributed by atoms with Crippen molar-refractivity contribution in [2.24, 2.45) is 4.99 Å². The van der Waals surface area contributed by atoms with Crippen molar-refractivity contribution in [3.8, 4) is 11.5 Å². The van der Waals surface area contributed by atoms with Crippen molar-refractivity contribution >= 4 is 18.6 Å². The Labute approximate surface area is 175 Å². The Balaban J connectivity index is 2.03. The van der Waals surface area contributed by atoms with E-state index in [-0.39, 0.29) is 29.7 Å². The first-order valence-electron chi connectivity index (χ1n) is 8.83. The molecular formula is C19H20F3N5O4. The summed E-state index contributed by atoms with van der Waals surface area (Å²) in [5, 5.41) is 23.2. The average Bonchev–Trinajstić information content (AvgIpc) is 3.20. The van der Waals surface area contributed by atoms with Crippen LogP contribution in [0.25, 0.3) is 11.5 Å². The standard InChI is InChI=1S/C19H20F3N5O4/c1-11(3-5-15(23-2)17(30)25-8-13(29)10-28)27-18-26-9-16(31-18)14-6-4-12(7-24-14)19(20,21)22/h3-7,9,13,28-29H,2,8,10H2,1H3,(H,25,30)(H,26,27)/b11-3+,15-5-/t13-/m1/s1. The van der Waals surface area contributed by atoms with E-state index in [1.54, 1.807) is 6.92 Å². The number of aromatic nitrogens is 2. The van der Waals surface area contributed by atoms with Crippen LogP contribution in [0.3, 0.4) is 0 Å². The molecular weight excluding hydrogens is 419 g/mol. The Kier molecular flexibility index (Phi) is 8.05. The molecule has 0 aliphatic carbocycles. The number of carbonyl (C=O) groups excluding carboxylic acids is 1. The molecule has 0 aromatic carbocycles. The van der Waals surface area contributed by atoms with Crippen LogP contribution in [0.5, 0.6) is 0 Å². The van der Waals surface area contributed by atoms with Crippen molar-refractivity contribution in [2.75, 3.05) is 18.5 Å². The van der Waals surface area contributed by atoms with E-state index < -0.39 is 30.4 Å². The van der Waals surface area contributed by atoms with Gasteiger partial charge in [-0.3, -0.25) is 14.8 Å². The first kappa shape index (κ1) is 23.8. The molecule has 166 valence electrons. The lowest BCUT2D eigenvalue weighted by atomic mass is 10.2. The summed E-state index contributed by atoms with van der Waals surface area (Å²) in [4.78, 5) is 23.2. The second kappa shape index (κ2) is 10.5. The molecule has 0 saturated heterocycles. The molecule has 0 bridgehead atoms. The number of allylic oxidation sites excluding steroid dienone is 3. The van der Waals surface area contributed by atoms with Gasteiger partial charge in [-0.15, -0.1) is 0 Å². The molecule has 0 saturated carbocycles. The molecule has 31 heavy (non-hydrogen) atoms. The lowest BCUT2D eigenvalue weighted by molar-refractivity contribution is -0.137. The van der Waals surface area contributed by atoms with Crippen molar-refractivity contribution < 1.29 is 32.6 Å². The number of hydrogen-bond donors (Lipinski definition) is 4. The van der Waals surface area contributed by atoms with E-state index in [0.29, 0.717) is 11.9 Å². The second-order valence-electron chi connectivity index (χ2n) is 6.19. The fraction of sp³-hybridized carbons (Fsp3) is 0.263. The number of rotatable bonds is 9. The predicted octanol–water partition coefficient (Wildman–Crippen LogP) is 2.12. The van der Waals surface area contributed by atoms with Gasteiger partial charge in [0.05, 0.1) is 24.5 Å². The maximum Gasteiger partial charge on any atom is 0.417 e. The summed E-state index contributed by atoms with van der Waals surface area (Å²) < 4.78 is 43.3. The zero-order valence-electron chi connectivity index (χ0n) is 16.3. The fourth-order valence-corrected chi connectivity index (χ4v) is 2.14. The largest absolute Gasteiger partial charge is 0.422 e. The van der Waals surface area contributed by atoms with Gasteiger partial charge in [0.15, 0.2) is 5.76 Å². The molecule has 0 radical (unpaired) electrons. The number of carbonyl (C=O) groups is 1. The van der Waals surface area contributed by atoms with Crippen molar-refractivity contribution in [1.82, 2.24) is 15.3 Å². The quantitative estimate of drug-likeness (QED) is 0.267. The van der Waals surface area contributed by atoms with Crippen molar-refractivity contribution in [3.63, 3.8) is 0 Å². The van der Waals surface area contributed by atoms with Gasteiger partial charge in [-0.1, -0.05) is 0 Å². The maximum atomic E-state index is 12.6. The SMILES string of the molecule is C=N/C(=C\C=C(/C)Nc1ncc(-c2ccc(C(F)(F)F)cn2)o1)C(=O)NC[C@@H](O)CO. The number of amides is 1. The number of aliphatic imine (C=N–C) groups is 1. The van der Waals surface area contributed by atoms with Crippen LogP contribution in [0.2, 0.25) is 0 Å². The molecule has 0 aliphatic rings. The number of halogens is 3. The van der Waals surface area contributed by atoms with Gasteiger partial charge in [0, 0.05) is 18.4 Å². The fourth-order valence-electron chi connectivity index (χ4n) is 2.14. The molecule has 2 rings (SSSR count). The lowest BCUT2D eigenvalue weighted by Gasteiger charge is -2.08. The number of aliphatic hydroxyl groups is 2. The van der Waals surface area contributed by atoms with Crippen LogP contribution in [-0.4, -0.2) is 52.1 Å². The summed E-state index contributed by atoms with van der Waals surface area (Å²) in [5.41, 5.74) is -0.234. The van der Waals surface area contributed by atoms with Gasteiger partial charge in [0.25, 0.3) is 11.9 Å². The highest BCUT2D eigenvalue weighted by molar-refractivity contribution is 5.94. The molecule has 1 atom stereocenters. The number of pyridine rings is 1. The number of aliphatic hydroxyl groups excluding tert-OH is 2. The van der Waals surface area contributed by atoms with Crippen LogP contribution in [-0.2, 0) is 11.0 Å². The topological polar surface area (TPSA) is 133 Å². The van der Waals surface area contributed by atoms with Crippen LogP contribution in [0.4, 0.5) is 19.2 Å². The lowest BCUT2D eigenvalue weighted by Crippen LogP contribution is -2.34. The van der Waals surface area contributed by atoms with Gasteiger partial charge in [-0.2, -0.15) is 13.2 Å². The summed E-state index contributed by atoms with van der Waals surface area (Å²) in [6.07, 6.45) is -0.715. The normalized spacial score (nSPS) is 13.6. The molecule has 0 fully saturated rings. The van der Waals surface area contributed by atoms with Gasteiger partial charge in [-0.25, -0.2) is 4.98 Å². The third-order valence-electron chi connectivity index (χ3n) is 3.76. The Bertz CT molecular complexity index is 968. The Hall–Kier alpha value is -3.51. The molecule has 4 N–H and O–H groups in total. The van der Waals surface area contributed by atoms with Crippen molar-refractivity contribution in [1.29, 1.82) is 0 Å². The number of oxazole rings is 1. The van der Waals surface area contributed by atoms with Crippen LogP contribution < -0.4 is 10.6 Å². The van der Waals surface area contributed by atoms with Crippen LogP contribution >= 0.6 is 0 Å². The van der Waals surface area contributed by atoms with E-state index in [4.69, 9.17) is 9.52 Å². The summed E-state index contributed by atoms with van der Waals surface area (Å²) in [5.74, 6) is -0.437. The van der Waals surface area contributed by atoms with Crippen molar-refractivity contribution in [3.05, 3.63) is 53.6 Å². The molecule has 2 aromatic rings. The maximum absolute atomic E-state index is 12.6. The van der Waals surface area contributed by atoms with Gasteiger partial charge in [-0.05, 0) is 37.9 Å². The molecule has 0 spiro atoms. The zero-order valence-corrected chi connectivity index (χ0v) is 16.3. The minimum Gasteiger partial charge on any atom is -0.422 e. The average molecular weight is 439 g/mol. The predicted molar refractivity (Wildman–Crippen MR) is 106 cm³/mol. The van der Waals surface area contributed by atoms with Crippen molar-refractivity contribution in [2.45, 2.75) is 19.2 Å². The van der Waals surface area contributed by atoms with Gasteiger partial charge >= 0.3 is 6.18 Å². The molecule has 1 amide bonds. The first-order chi connectivity index (χ1) is 14.6. The van der Waals surface area contributed by atoms with Gasteiger partial charge < -0.3 is 25.3 Å². The van der Waals surface area contributed by atoms with E-state index in [9.17, 15) is 23.1 Å². The molecule has 0 aliphatic heterocycles. The molecule has 2 aromatic heterocycles. The summed E-state index contributed by atoms with van der Waals surface area (Å²) >= 11 is 0. The number of nitrogens with one attached hydrogen (secondary N) is 2. The van der Waals surface area contributed by atoms with E-state index in [1.807, 2.05) is 0 Å². The summed E-state index contributed by atoms with van der Waals surface area (Å²) in [7, 11) is 0. The molecule has 2 heterocycles. The minimum absolute atomic E-state index is 0.0339. The number of hydrogen-bond acceptors (Lipinski definition) is 8. The third-order valence-corrected chi connectivity index (χ3v) is 3.76. The minimum atomic E-state index is -4.48. The van der Waals surface area contributed by atoms with E-state index in [1.165, 1.54) is 24.4 Å². The number of anilines is 1. The molecule has 9 nitrogen and oxygen atoms in total. The van der Waals surface area contributed by atoms with E-state index in [0.717, 1.165) is 6.07 Å². The second-order valence-corrected chi connectivity index (χ2v) is 6.19. The van der Waals surface area contributed by atoms with Gasteiger partial charge in [0.1, 0.15) is 11.4 Å². The number of nitrogens with zero attached hydrogens (tertiary/aromatic N) is 3. The molecule has 12 heteroatoms. The Morgan fingerprint density at radius 1 is 1.32 bits per heavy atom. The Morgan fingerprint density at radius 2 is 2.06 bits per heavy atom. The van der Waals surface area contributed by atoms with Crippen LogP contribution in [0.1, 0.15) is 12.5 Å². The monoisotopic (exact) mass is 439 g/mol. The highest BCUT2D eigenvalue weighted by atomic mass is 19.4. The highest BCUT2D eigenvalue weighted by Crippen LogP contribution is 2.30. The molecule has 0 unspecified atom stereocenters. The van der Waals surface area contributed by atoms with Gasteiger partial charge in [0.2, 0.25) is 0 Å². The summed E-state index contributed by atoms with van der Waals surface area (Å²) in [6.45, 7) is 4.30. The van der Waals surface area contributed by atoms with Crippen LogP contribution in [0.15, 0.2) is 57.5 Å². The smallest absolute Gasteiger partial charge is 0.417 e. The van der Waals surface area contributed by atoms with E-state index in [2.05, 4.69) is 32.3 Å². The highest BCUT2D eigenvalue weighted by Gasteiger charge is 2.30. The number of alkyl halides is 3. The van der Waals surface area contributed by atoms with Crippen LogP contribution in [0, 0.1) is 0 Å². The summed E-state index contributed by atoms with van der Waals surface area (Å²) in [6, 6.07) is 2.12. The zero-order chi connectivity index (χ0) is 23.0. The van der Waals surface area contributed by atoms with E-state index >= 15 is 0 Å². The Morgan fingerprint density at radius 3 is 2.65 bits per heavy atom. The first-order valence-corrected chi connectivity index (χ1v) is 8.83. The third kappa shape index (κ3) is 7.04.